The van der Waals surface area contributed by atoms with Crippen molar-refractivity contribution in [2.24, 2.45) is 0 Å². The van der Waals surface area contributed by atoms with Crippen LogP contribution in [0, 0.1) is 0 Å². The number of likely N-dealkylation sites (N-methyl/N-ethyl adjacent to an activating group) is 1. The second-order valence-corrected chi connectivity index (χ2v) is 9.45. The first-order valence-electron chi connectivity index (χ1n) is 7.91. The fourth-order valence-electron chi connectivity index (χ4n) is 2.35. The first kappa shape index (κ1) is 19.7. The Hall–Kier alpha value is -2.07. The second kappa shape index (κ2) is 7.89. The Bertz CT molecular complexity index is 1070. The standard InChI is InChI=1S/C17H17ClN4O3S2/c1-21(27(2,24)25)11-15(23)22(10-12-5-4-8-19-9-12)17-20-16-13(18)6-3-7-14(16)26-17/h3-9H,10-11H2,1-2H3. The number of carbonyl (C=O) groups is 1. The zero-order valence-electron chi connectivity index (χ0n) is 14.7. The van der Waals surface area contributed by atoms with Crippen molar-refractivity contribution in [3.63, 3.8) is 0 Å². The van der Waals surface area contributed by atoms with Gasteiger partial charge in [-0.2, -0.15) is 4.31 Å². The van der Waals surface area contributed by atoms with Gasteiger partial charge in [0.2, 0.25) is 15.9 Å². The molecule has 2 heterocycles. The monoisotopic (exact) mass is 424 g/mol. The number of halogens is 1. The van der Waals surface area contributed by atoms with Gasteiger partial charge in [-0.15, -0.1) is 0 Å². The molecule has 27 heavy (non-hydrogen) atoms. The third-order valence-electron chi connectivity index (χ3n) is 3.88. The van der Waals surface area contributed by atoms with Crippen LogP contribution < -0.4 is 4.90 Å². The first-order chi connectivity index (χ1) is 12.8. The van der Waals surface area contributed by atoms with E-state index in [1.807, 2.05) is 18.2 Å². The van der Waals surface area contributed by atoms with Gasteiger partial charge in [0.15, 0.2) is 5.13 Å². The number of thiazole rings is 1. The molecule has 1 amide bonds. The van der Waals surface area contributed by atoms with Crippen molar-refractivity contribution >= 4 is 54.2 Å². The van der Waals surface area contributed by atoms with Crippen molar-refractivity contribution in [1.29, 1.82) is 0 Å². The number of aromatic nitrogens is 2. The Labute approximate surface area is 166 Å². The van der Waals surface area contributed by atoms with Crippen LogP contribution in [0.1, 0.15) is 5.56 Å². The molecule has 7 nitrogen and oxygen atoms in total. The highest BCUT2D eigenvalue weighted by Gasteiger charge is 2.24. The Morgan fingerprint density at radius 1 is 1.26 bits per heavy atom. The summed E-state index contributed by atoms with van der Waals surface area (Å²) in [4.78, 5) is 22.9. The molecule has 1 aromatic carbocycles. The molecular formula is C17H17ClN4O3S2. The number of anilines is 1. The van der Waals surface area contributed by atoms with Gasteiger partial charge in [-0.3, -0.25) is 14.7 Å². The van der Waals surface area contributed by atoms with Crippen molar-refractivity contribution in [1.82, 2.24) is 14.3 Å². The summed E-state index contributed by atoms with van der Waals surface area (Å²) in [6.07, 6.45) is 4.36. The Morgan fingerprint density at radius 2 is 2.04 bits per heavy atom. The predicted molar refractivity (Wildman–Crippen MR) is 108 cm³/mol. The maximum atomic E-state index is 12.9. The molecular weight excluding hydrogens is 408 g/mol. The summed E-state index contributed by atoms with van der Waals surface area (Å²) in [5.41, 5.74) is 1.41. The SMILES string of the molecule is CN(CC(=O)N(Cc1cccnc1)c1nc2c(Cl)cccc2s1)S(C)(=O)=O. The molecule has 3 rings (SSSR count). The van der Waals surface area contributed by atoms with Crippen molar-refractivity contribution in [2.45, 2.75) is 6.54 Å². The van der Waals surface area contributed by atoms with Gasteiger partial charge in [0, 0.05) is 19.4 Å². The molecule has 2 aromatic heterocycles. The average Bonchev–Trinajstić information content (AvgIpc) is 3.05. The molecule has 0 spiro atoms. The number of rotatable bonds is 6. The van der Waals surface area contributed by atoms with Crippen LogP contribution in [0.25, 0.3) is 10.2 Å². The lowest BCUT2D eigenvalue weighted by molar-refractivity contribution is -0.118. The van der Waals surface area contributed by atoms with Crippen LogP contribution in [0.2, 0.25) is 5.02 Å². The van der Waals surface area contributed by atoms with E-state index < -0.39 is 10.0 Å². The molecule has 3 aromatic rings. The van der Waals surface area contributed by atoms with Crippen LogP contribution in [0.3, 0.4) is 0 Å². The van der Waals surface area contributed by atoms with Crippen LogP contribution >= 0.6 is 22.9 Å². The number of pyridine rings is 1. The fraction of sp³-hybridized carbons (Fsp3) is 0.235. The predicted octanol–water partition coefficient (Wildman–Crippen LogP) is 2.77. The Balaban J connectivity index is 1.98. The van der Waals surface area contributed by atoms with Gasteiger partial charge in [0.05, 0.1) is 29.1 Å². The minimum Gasteiger partial charge on any atom is -0.282 e. The number of sulfonamides is 1. The Morgan fingerprint density at radius 3 is 2.67 bits per heavy atom. The van der Waals surface area contributed by atoms with Crippen LogP contribution in [0.5, 0.6) is 0 Å². The second-order valence-electron chi connectivity index (χ2n) is 5.94. The summed E-state index contributed by atoms with van der Waals surface area (Å²) < 4.78 is 25.2. The third kappa shape index (κ3) is 4.62. The van der Waals surface area contributed by atoms with Crippen molar-refractivity contribution in [3.05, 3.63) is 53.3 Å². The van der Waals surface area contributed by atoms with E-state index in [0.29, 0.717) is 15.7 Å². The van der Waals surface area contributed by atoms with E-state index in [1.54, 1.807) is 24.5 Å². The maximum Gasteiger partial charge on any atom is 0.244 e. The molecule has 142 valence electrons. The molecule has 0 aliphatic rings. The molecule has 0 fully saturated rings. The maximum absolute atomic E-state index is 12.9. The highest BCUT2D eigenvalue weighted by atomic mass is 35.5. The molecule has 0 saturated heterocycles. The van der Waals surface area contributed by atoms with E-state index in [0.717, 1.165) is 20.8 Å². The van der Waals surface area contributed by atoms with Crippen molar-refractivity contribution in [2.75, 3.05) is 24.7 Å². The lowest BCUT2D eigenvalue weighted by atomic mass is 10.2. The highest BCUT2D eigenvalue weighted by Crippen LogP contribution is 2.33. The molecule has 0 aliphatic carbocycles. The number of para-hydroxylation sites is 1. The topological polar surface area (TPSA) is 83.5 Å². The number of hydrogen-bond acceptors (Lipinski definition) is 6. The molecule has 0 aliphatic heterocycles. The van der Waals surface area contributed by atoms with E-state index >= 15 is 0 Å². The van der Waals surface area contributed by atoms with Gasteiger partial charge in [-0.25, -0.2) is 13.4 Å². The number of amides is 1. The summed E-state index contributed by atoms with van der Waals surface area (Å²) in [7, 11) is -2.12. The number of nitrogens with zero attached hydrogens (tertiary/aromatic N) is 4. The largest absolute Gasteiger partial charge is 0.282 e. The van der Waals surface area contributed by atoms with E-state index in [4.69, 9.17) is 11.6 Å². The van der Waals surface area contributed by atoms with Crippen LogP contribution in [0.4, 0.5) is 5.13 Å². The minimum atomic E-state index is -3.48. The van der Waals surface area contributed by atoms with Crippen LogP contribution in [0.15, 0.2) is 42.7 Å². The van der Waals surface area contributed by atoms with Gasteiger partial charge < -0.3 is 0 Å². The highest BCUT2D eigenvalue weighted by molar-refractivity contribution is 7.88. The smallest absolute Gasteiger partial charge is 0.244 e. The van der Waals surface area contributed by atoms with Gasteiger partial charge in [-0.05, 0) is 23.8 Å². The lowest BCUT2D eigenvalue weighted by Gasteiger charge is -2.22. The van der Waals surface area contributed by atoms with E-state index in [9.17, 15) is 13.2 Å². The number of hydrogen-bond donors (Lipinski definition) is 0. The lowest BCUT2D eigenvalue weighted by Crippen LogP contribution is -2.40. The number of benzene rings is 1. The van der Waals surface area contributed by atoms with Gasteiger partial charge >= 0.3 is 0 Å². The first-order valence-corrected chi connectivity index (χ1v) is 11.0. The number of carbonyl (C=O) groups excluding carboxylic acids is 1. The summed E-state index contributed by atoms with van der Waals surface area (Å²) in [6.45, 7) is -0.0650. The molecule has 0 radical (unpaired) electrons. The Kier molecular flexibility index (Phi) is 5.75. The summed E-state index contributed by atoms with van der Waals surface area (Å²) in [5, 5.41) is 0.950. The normalized spacial score (nSPS) is 11.9. The van der Waals surface area contributed by atoms with Gasteiger partial charge in [-0.1, -0.05) is 35.1 Å². The summed E-state index contributed by atoms with van der Waals surface area (Å²) >= 11 is 7.53. The molecule has 0 saturated carbocycles. The quantitative estimate of drug-likeness (QED) is 0.607. The fourth-order valence-corrected chi connectivity index (χ4v) is 3.98. The van der Waals surface area contributed by atoms with E-state index in [2.05, 4.69) is 9.97 Å². The third-order valence-corrected chi connectivity index (χ3v) is 6.49. The zero-order valence-corrected chi connectivity index (χ0v) is 17.1. The van der Waals surface area contributed by atoms with Crippen molar-refractivity contribution < 1.29 is 13.2 Å². The van der Waals surface area contributed by atoms with Crippen molar-refractivity contribution in [3.8, 4) is 0 Å². The molecule has 10 heteroatoms. The van der Waals surface area contributed by atoms with Crippen LogP contribution in [-0.4, -0.2) is 48.4 Å². The van der Waals surface area contributed by atoms with Crippen LogP contribution in [-0.2, 0) is 21.4 Å². The van der Waals surface area contributed by atoms with Gasteiger partial charge in [0.1, 0.15) is 5.52 Å². The minimum absolute atomic E-state index is 0.224. The van der Waals surface area contributed by atoms with Gasteiger partial charge in [0.25, 0.3) is 0 Å². The van der Waals surface area contributed by atoms with E-state index in [-0.39, 0.29) is 19.0 Å². The van der Waals surface area contributed by atoms with E-state index in [1.165, 1.54) is 23.3 Å². The molecule has 0 N–H and O–H groups in total. The average molecular weight is 425 g/mol. The summed E-state index contributed by atoms with van der Waals surface area (Å²) in [5.74, 6) is -0.387. The molecule has 0 unspecified atom stereocenters. The summed E-state index contributed by atoms with van der Waals surface area (Å²) in [6, 6.07) is 9.04. The molecule has 0 atom stereocenters. The zero-order chi connectivity index (χ0) is 19.6. The number of fused-ring (bicyclic) bond motifs is 1. The molecule has 0 bridgehead atoms.